The SMILES string of the molecule is Cc1cc(C#N)c(NC(C#N)=C(C#N)C#N)cc1Cl. The summed E-state index contributed by atoms with van der Waals surface area (Å²) in [5.41, 5.74) is 0.680. The Labute approximate surface area is 115 Å². The molecular formula is C13H6ClN5. The Morgan fingerprint density at radius 1 is 1.11 bits per heavy atom. The standard InChI is InChI=1S/C13H6ClN5/c1-8-2-9(4-15)12(3-11(8)14)19-13(7-18)10(5-16)6-17/h2-3,19H,1H3. The van der Waals surface area contributed by atoms with Gasteiger partial charge >= 0.3 is 0 Å². The van der Waals surface area contributed by atoms with Crippen LogP contribution < -0.4 is 5.32 Å². The van der Waals surface area contributed by atoms with Gasteiger partial charge in [-0.05, 0) is 24.6 Å². The summed E-state index contributed by atoms with van der Waals surface area (Å²) in [7, 11) is 0. The second-order valence-electron chi connectivity index (χ2n) is 3.47. The monoisotopic (exact) mass is 267 g/mol. The summed E-state index contributed by atoms with van der Waals surface area (Å²) in [4.78, 5) is 0. The molecule has 0 radical (unpaired) electrons. The van der Waals surface area contributed by atoms with E-state index >= 15 is 0 Å². The summed E-state index contributed by atoms with van der Waals surface area (Å²) in [6.45, 7) is 1.74. The van der Waals surface area contributed by atoms with Crippen LogP contribution in [-0.4, -0.2) is 0 Å². The maximum atomic E-state index is 9.01. The van der Waals surface area contributed by atoms with E-state index in [9.17, 15) is 0 Å². The van der Waals surface area contributed by atoms with Gasteiger partial charge in [-0.3, -0.25) is 0 Å². The molecule has 0 unspecified atom stereocenters. The van der Waals surface area contributed by atoms with Gasteiger partial charge < -0.3 is 5.32 Å². The third-order valence-corrected chi connectivity index (χ3v) is 2.67. The van der Waals surface area contributed by atoms with Gasteiger partial charge in [0.2, 0.25) is 0 Å². The molecule has 90 valence electrons. The number of nitrogens with one attached hydrogen (secondary N) is 1. The second-order valence-corrected chi connectivity index (χ2v) is 3.88. The number of nitriles is 4. The van der Waals surface area contributed by atoms with E-state index in [0.717, 1.165) is 0 Å². The fraction of sp³-hybridized carbons (Fsp3) is 0.0769. The molecule has 1 aromatic rings. The Bertz CT molecular complexity index is 704. The minimum Gasteiger partial charge on any atom is -0.344 e. The number of hydrogen-bond donors (Lipinski definition) is 1. The summed E-state index contributed by atoms with van der Waals surface area (Å²) >= 11 is 5.94. The van der Waals surface area contributed by atoms with Crippen LogP contribution in [0.3, 0.4) is 0 Å². The number of halogens is 1. The molecule has 1 rings (SSSR count). The molecule has 0 aliphatic heterocycles. The minimum absolute atomic E-state index is 0.221. The van der Waals surface area contributed by atoms with E-state index in [0.29, 0.717) is 10.6 Å². The van der Waals surface area contributed by atoms with Gasteiger partial charge in [0.05, 0.1) is 11.3 Å². The van der Waals surface area contributed by atoms with Crippen molar-refractivity contribution in [3.05, 3.63) is 39.6 Å². The van der Waals surface area contributed by atoms with Crippen LogP contribution in [0.5, 0.6) is 0 Å². The van der Waals surface area contributed by atoms with E-state index in [1.54, 1.807) is 31.2 Å². The minimum atomic E-state index is -0.358. The van der Waals surface area contributed by atoms with Crippen LogP contribution in [0.25, 0.3) is 0 Å². The van der Waals surface area contributed by atoms with Gasteiger partial charge in [0.1, 0.15) is 30.0 Å². The molecule has 0 aliphatic carbocycles. The topological polar surface area (TPSA) is 107 Å². The summed E-state index contributed by atoms with van der Waals surface area (Å²) in [5, 5.41) is 38.4. The molecule has 1 aromatic carbocycles. The van der Waals surface area contributed by atoms with Crippen molar-refractivity contribution >= 4 is 17.3 Å². The zero-order chi connectivity index (χ0) is 14.4. The summed E-state index contributed by atoms with van der Waals surface area (Å²) < 4.78 is 0. The first-order chi connectivity index (χ1) is 9.07. The first kappa shape index (κ1) is 14.1. The Hall–Kier alpha value is -2.99. The Kier molecular flexibility index (Phi) is 4.50. The zero-order valence-corrected chi connectivity index (χ0v) is 10.6. The van der Waals surface area contributed by atoms with Crippen LogP contribution in [0, 0.1) is 52.2 Å². The quantitative estimate of drug-likeness (QED) is 0.829. The molecule has 0 amide bonds. The van der Waals surface area contributed by atoms with E-state index in [1.165, 1.54) is 6.07 Å². The lowest BCUT2D eigenvalue weighted by Gasteiger charge is -2.09. The molecule has 0 heterocycles. The van der Waals surface area contributed by atoms with Crippen molar-refractivity contribution in [2.45, 2.75) is 6.92 Å². The molecule has 1 N–H and O–H groups in total. The molecule has 0 atom stereocenters. The van der Waals surface area contributed by atoms with Crippen molar-refractivity contribution in [3.63, 3.8) is 0 Å². The van der Waals surface area contributed by atoms with Crippen molar-refractivity contribution < 1.29 is 0 Å². The van der Waals surface area contributed by atoms with Crippen molar-refractivity contribution in [1.82, 2.24) is 0 Å². The summed E-state index contributed by atoms with van der Waals surface area (Å²) in [6.07, 6.45) is 0. The van der Waals surface area contributed by atoms with Crippen LogP contribution in [0.2, 0.25) is 5.02 Å². The predicted molar refractivity (Wildman–Crippen MR) is 68.4 cm³/mol. The van der Waals surface area contributed by atoms with Gasteiger partial charge in [-0.1, -0.05) is 11.6 Å². The normalized spacial score (nSPS) is 8.32. The molecule has 0 saturated heterocycles. The average Bonchev–Trinajstić information content (AvgIpc) is 2.42. The van der Waals surface area contributed by atoms with E-state index in [4.69, 9.17) is 32.6 Å². The van der Waals surface area contributed by atoms with Crippen LogP contribution in [0.1, 0.15) is 11.1 Å². The molecule has 0 aliphatic rings. The van der Waals surface area contributed by atoms with Crippen LogP contribution in [-0.2, 0) is 0 Å². The number of aryl methyl sites for hydroxylation is 1. The molecule has 0 spiro atoms. The lowest BCUT2D eigenvalue weighted by atomic mass is 10.1. The number of rotatable bonds is 2. The first-order valence-electron chi connectivity index (χ1n) is 4.99. The van der Waals surface area contributed by atoms with E-state index in [1.807, 2.05) is 6.07 Å². The highest BCUT2D eigenvalue weighted by Crippen LogP contribution is 2.25. The maximum absolute atomic E-state index is 9.01. The second kappa shape index (κ2) is 6.08. The lowest BCUT2D eigenvalue weighted by Crippen LogP contribution is -2.03. The van der Waals surface area contributed by atoms with Crippen LogP contribution in [0.15, 0.2) is 23.4 Å². The number of nitrogens with zero attached hydrogens (tertiary/aromatic N) is 4. The van der Waals surface area contributed by atoms with E-state index < -0.39 is 0 Å². The van der Waals surface area contributed by atoms with E-state index in [2.05, 4.69) is 5.32 Å². The Balaban J connectivity index is 3.37. The number of hydrogen-bond acceptors (Lipinski definition) is 5. The molecular weight excluding hydrogens is 262 g/mol. The van der Waals surface area contributed by atoms with Crippen LogP contribution in [0.4, 0.5) is 5.69 Å². The molecule has 0 aromatic heterocycles. The van der Waals surface area contributed by atoms with Crippen molar-refractivity contribution in [3.8, 4) is 24.3 Å². The van der Waals surface area contributed by atoms with Crippen molar-refractivity contribution in [2.75, 3.05) is 5.32 Å². The molecule has 5 nitrogen and oxygen atoms in total. The molecule has 0 saturated carbocycles. The summed E-state index contributed by atoms with van der Waals surface area (Å²) in [5.74, 6) is 0. The van der Waals surface area contributed by atoms with Crippen LogP contribution >= 0.6 is 11.6 Å². The highest BCUT2D eigenvalue weighted by Gasteiger charge is 2.11. The Morgan fingerprint density at radius 2 is 1.74 bits per heavy atom. The number of allylic oxidation sites excluding steroid dienone is 2. The van der Waals surface area contributed by atoms with Gasteiger partial charge in [-0.25, -0.2) is 0 Å². The van der Waals surface area contributed by atoms with Gasteiger partial charge in [0.25, 0.3) is 0 Å². The lowest BCUT2D eigenvalue weighted by molar-refractivity contribution is 1.35. The molecule has 6 heteroatoms. The fourth-order valence-corrected chi connectivity index (χ4v) is 1.46. The summed E-state index contributed by atoms with van der Waals surface area (Å²) in [6, 6.07) is 9.89. The predicted octanol–water partition coefficient (Wildman–Crippen LogP) is 2.76. The highest BCUT2D eigenvalue weighted by molar-refractivity contribution is 6.31. The van der Waals surface area contributed by atoms with Crippen molar-refractivity contribution in [1.29, 1.82) is 21.0 Å². The van der Waals surface area contributed by atoms with Gasteiger partial charge in [0, 0.05) is 5.02 Å². The fourth-order valence-electron chi connectivity index (χ4n) is 1.30. The highest BCUT2D eigenvalue weighted by atomic mass is 35.5. The third kappa shape index (κ3) is 3.02. The van der Waals surface area contributed by atoms with Gasteiger partial charge in [-0.2, -0.15) is 21.0 Å². The smallest absolute Gasteiger partial charge is 0.163 e. The molecule has 0 fully saturated rings. The third-order valence-electron chi connectivity index (χ3n) is 2.26. The van der Waals surface area contributed by atoms with Gasteiger partial charge in [-0.15, -0.1) is 0 Å². The molecule has 19 heavy (non-hydrogen) atoms. The zero-order valence-electron chi connectivity index (χ0n) is 9.82. The maximum Gasteiger partial charge on any atom is 0.163 e. The van der Waals surface area contributed by atoms with Gasteiger partial charge in [0.15, 0.2) is 5.57 Å². The number of benzene rings is 1. The number of anilines is 1. The average molecular weight is 268 g/mol. The Morgan fingerprint density at radius 3 is 2.21 bits per heavy atom. The van der Waals surface area contributed by atoms with E-state index in [-0.39, 0.29) is 22.5 Å². The molecule has 0 bridgehead atoms. The largest absolute Gasteiger partial charge is 0.344 e. The first-order valence-corrected chi connectivity index (χ1v) is 5.37. The van der Waals surface area contributed by atoms with Crippen molar-refractivity contribution in [2.24, 2.45) is 0 Å².